The number of nitrogens with zero attached hydrogens (tertiary/aromatic N) is 1. The molecule has 0 unspecified atom stereocenters. The Hall–Kier alpha value is -1.59. The number of carbonyl (C=O) groups excluding carboxylic acids is 1. The van der Waals surface area contributed by atoms with Crippen LogP contribution in [-0.4, -0.2) is 30.1 Å². The van der Waals surface area contributed by atoms with Crippen LogP contribution in [0.25, 0.3) is 0 Å². The van der Waals surface area contributed by atoms with E-state index in [0.717, 1.165) is 0 Å². The molecule has 1 fully saturated rings. The molecule has 0 N–H and O–H groups in total. The first-order chi connectivity index (χ1) is 9.30. The largest absolute Gasteiger partial charge is 0.391 e. The van der Waals surface area contributed by atoms with Gasteiger partial charge in [-0.05, 0) is 31.4 Å². The number of carbonyl (C=O) groups is 1. The number of benzene rings is 1. The molecule has 110 valence electrons. The molecule has 1 amide bonds. The zero-order valence-corrected chi connectivity index (χ0v) is 11.0. The number of alkyl halides is 3. The van der Waals surface area contributed by atoms with Gasteiger partial charge in [0.2, 0.25) is 0 Å². The van der Waals surface area contributed by atoms with E-state index >= 15 is 0 Å². The van der Waals surface area contributed by atoms with Crippen molar-refractivity contribution in [2.75, 3.05) is 13.1 Å². The normalized spacial score (nSPS) is 17.4. The molecule has 20 heavy (non-hydrogen) atoms. The molecule has 1 saturated heterocycles. The first kappa shape index (κ1) is 14.8. The summed E-state index contributed by atoms with van der Waals surface area (Å²) in [4.78, 5) is 13.4. The van der Waals surface area contributed by atoms with E-state index in [-0.39, 0.29) is 31.5 Å². The van der Waals surface area contributed by atoms with E-state index in [4.69, 9.17) is 0 Å². The van der Waals surface area contributed by atoms with Gasteiger partial charge in [-0.15, -0.1) is 0 Å². The first-order valence-electron chi connectivity index (χ1n) is 6.42. The highest BCUT2D eigenvalue weighted by Crippen LogP contribution is 2.34. The molecule has 2 rings (SSSR count). The molecule has 2 nitrogen and oxygen atoms in total. The van der Waals surface area contributed by atoms with E-state index in [1.807, 2.05) is 0 Å². The van der Waals surface area contributed by atoms with Gasteiger partial charge in [0.25, 0.3) is 5.91 Å². The fourth-order valence-corrected chi connectivity index (χ4v) is 2.39. The third-order valence-electron chi connectivity index (χ3n) is 3.67. The minimum absolute atomic E-state index is 0.0103. The molecule has 0 saturated carbocycles. The zero-order valence-electron chi connectivity index (χ0n) is 11.0. The van der Waals surface area contributed by atoms with Crippen LogP contribution in [0.1, 0.15) is 28.8 Å². The van der Waals surface area contributed by atoms with Crippen molar-refractivity contribution in [1.82, 2.24) is 4.90 Å². The molecule has 0 aromatic heterocycles. The number of likely N-dealkylation sites (tertiary alicyclic amines) is 1. The first-order valence-corrected chi connectivity index (χ1v) is 6.42. The van der Waals surface area contributed by atoms with E-state index in [2.05, 4.69) is 0 Å². The predicted molar refractivity (Wildman–Crippen MR) is 65.8 cm³/mol. The van der Waals surface area contributed by atoms with Gasteiger partial charge >= 0.3 is 6.18 Å². The molecule has 1 heterocycles. The maximum atomic E-state index is 13.8. The molecule has 1 aromatic rings. The van der Waals surface area contributed by atoms with Gasteiger partial charge < -0.3 is 4.90 Å². The summed E-state index contributed by atoms with van der Waals surface area (Å²) in [6.45, 7) is 1.56. The van der Waals surface area contributed by atoms with Gasteiger partial charge in [-0.25, -0.2) is 4.39 Å². The van der Waals surface area contributed by atoms with Crippen LogP contribution in [0.3, 0.4) is 0 Å². The van der Waals surface area contributed by atoms with Crippen LogP contribution in [-0.2, 0) is 0 Å². The summed E-state index contributed by atoms with van der Waals surface area (Å²) in [5.41, 5.74) is 0.275. The summed E-state index contributed by atoms with van der Waals surface area (Å²) in [7, 11) is 0. The summed E-state index contributed by atoms with van der Waals surface area (Å²) in [5.74, 6) is -2.50. The molecule has 6 heteroatoms. The van der Waals surface area contributed by atoms with Gasteiger partial charge in [0.1, 0.15) is 5.82 Å². The summed E-state index contributed by atoms with van der Waals surface area (Å²) < 4.78 is 51.5. The standard InChI is InChI=1S/C14H15F4NO/c1-9-3-2-4-11(12(9)15)13(20)19-7-5-10(6-8-19)14(16,17)18/h2-4,10H,5-8H2,1H3. The number of piperidine rings is 1. The average molecular weight is 289 g/mol. The minimum Gasteiger partial charge on any atom is -0.339 e. The Morgan fingerprint density at radius 3 is 2.40 bits per heavy atom. The van der Waals surface area contributed by atoms with Crippen LogP contribution < -0.4 is 0 Å². The topological polar surface area (TPSA) is 20.3 Å². The van der Waals surface area contributed by atoms with Crippen LogP contribution in [0.2, 0.25) is 0 Å². The monoisotopic (exact) mass is 289 g/mol. The fraction of sp³-hybridized carbons (Fsp3) is 0.500. The lowest BCUT2D eigenvalue weighted by Crippen LogP contribution is -2.42. The Morgan fingerprint density at radius 1 is 1.25 bits per heavy atom. The second-order valence-corrected chi connectivity index (χ2v) is 5.04. The number of hydrogen-bond acceptors (Lipinski definition) is 1. The van der Waals surface area contributed by atoms with E-state index in [1.54, 1.807) is 19.1 Å². The molecule has 0 bridgehead atoms. The molecular weight excluding hydrogens is 274 g/mol. The van der Waals surface area contributed by atoms with Crippen molar-refractivity contribution in [3.05, 3.63) is 35.1 Å². The van der Waals surface area contributed by atoms with Crippen molar-refractivity contribution in [2.45, 2.75) is 25.9 Å². The highest BCUT2D eigenvalue weighted by atomic mass is 19.4. The number of amides is 1. The lowest BCUT2D eigenvalue weighted by atomic mass is 9.95. The Kier molecular flexibility index (Phi) is 4.01. The van der Waals surface area contributed by atoms with E-state index in [9.17, 15) is 22.4 Å². The second kappa shape index (κ2) is 5.42. The summed E-state index contributed by atoms with van der Waals surface area (Å²) >= 11 is 0. The van der Waals surface area contributed by atoms with Gasteiger partial charge in [0, 0.05) is 13.1 Å². The highest BCUT2D eigenvalue weighted by molar-refractivity contribution is 5.94. The lowest BCUT2D eigenvalue weighted by Gasteiger charge is -2.33. The van der Waals surface area contributed by atoms with Gasteiger partial charge in [-0.1, -0.05) is 12.1 Å². The van der Waals surface area contributed by atoms with Crippen molar-refractivity contribution < 1.29 is 22.4 Å². The molecule has 1 aromatic carbocycles. The summed E-state index contributed by atoms with van der Waals surface area (Å²) in [6, 6.07) is 4.47. The molecule has 0 spiro atoms. The van der Waals surface area contributed by atoms with Crippen LogP contribution in [0.5, 0.6) is 0 Å². The summed E-state index contributed by atoms with van der Waals surface area (Å²) in [6.07, 6.45) is -4.46. The SMILES string of the molecule is Cc1cccc(C(=O)N2CCC(C(F)(F)F)CC2)c1F. The second-order valence-electron chi connectivity index (χ2n) is 5.04. The number of rotatable bonds is 1. The lowest BCUT2D eigenvalue weighted by molar-refractivity contribution is -0.183. The average Bonchev–Trinajstić information content (AvgIpc) is 2.40. The molecule has 0 aliphatic carbocycles. The smallest absolute Gasteiger partial charge is 0.339 e. The van der Waals surface area contributed by atoms with Crippen molar-refractivity contribution in [3.8, 4) is 0 Å². The van der Waals surface area contributed by atoms with E-state index in [1.165, 1.54) is 11.0 Å². The molecular formula is C14H15F4NO. The van der Waals surface area contributed by atoms with Gasteiger partial charge in [0.05, 0.1) is 11.5 Å². The molecule has 0 radical (unpaired) electrons. The van der Waals surface area contributed by atoms with Crippen molar-refractivity contribution in [2.24, 2.45) is 5.92 Å². The third-order valence-corrected chi connectivity index (χ3v) is 3.67. The maximum absolute atomic E-state index is 13.8. The van der Waals surface area contributed by atoms with Gasteiger partial charge in [0.15, 0.2) is 0 Å². The van der Waals surface area contributed by atoms with Crippen LogP contribution >= 0.6 is 0 Å². The maximum Gasteiger partial charge on any atom is 0.391 e. The fourth-order valence-electron chi connectivity index (χ4n) is 2.39. The van der Waals surface area contributed by atoms with Crippen LogP contribution in [0.4, 0.5) is 17.6 Å². The quantitative estimate of drug-likeness (QED) is 0.724. The van der Waals surface area contributed by atoms with Crippen molar-refractivity contribution in [1.29, 1.82) is 0 Å². The molecule has 1 aliphatic heterocycles. The third kappa shape index (κ3) is 2.94. The van der Waals surface area contributed by atoms with E-state index in [0.29, 0.717) is 5.56 Å². The number of hydrogen-bond donors (Lipinski definition) is 0. The van der Waals surface area contributed by atoms with Crippen molar-refractivity contribution >= 4 is 5.91 Å². The van der Waals surface area contributed by atoms with Gasteiger partial charge in [-0.3, -0.25) is 4.79 Å². The Morgan fingerprint density at radius 2 is 1.85 bits per heavy atom. The van der Waals surface area contributed by atoms with E-state index < -0.39 is 23.8 Å². The predicted octanol–water partition coefficient (Wildman–Crippen LogP) is 3.55. The Labute approximate surface area is 114 Å². The van der Waals surface area contributed by atoms with Gasteiger partial charge in [-0.2, -0.15) is 13.2 Å². The Bertz CT molecular complexity index is 504. The number of aryl methyl sites for hydroxylation is 1. The van der Waals surface area contributed by atoms with Crippen LogP contribution in [0.15, 0.2) is 18.2 Å². The summed E-state index contributed by atoms with van der Waals surface area (Å²) in [5, 5.41) is 0. The zero-order chi connectivity index (χ0) is 14.9. The highest BCUT2D eigenvalue weighted by Gasteiger charge is 2.41. The molecule has 0 atom stereocenters. The van der Waals surface area contributed by atoms with Crippen LogP contribution in [0, 0.1) is 18.7 Å². The molecule has 1 aliphatic rings. The number of halogens is 4. The Balaban J connectivity index is 2.07. The minimum atomic E-state index is -4.22. The van der Waals surface area contributed by atoms with Crippen molar-refractivity contribution in [3.63, 3.8) is 0 Å².